The van der Waals surface area contributed by atoms with E-state index in [1.54, 1.807) is 0 Å². The Morgan fingerprint density at radius 1 is 1.47 bits per heavy atom. The van der Waals surface area contributed by atoms with Gasteiger partial charge >= 0.3 is 0 Å². The highest BCUT2D eigenvalue weighted by molar-refractivity contribution is 5.82. The van der Waals surface area contributed by atoms with Crippen LogP contribution in [0.25, 0.3) is 0 Å². The number of oxime groups is 1. The van der Waals surface area contributed by atoms with E-state index in [1.807, 2.05) is 0 Å². The van der Waals surface area contributed by atoms with Crippen LogP contribution in [0.3, 0.4) is 0 Å². The molecule has 1 amide bonds. The number of nitrogens with two attached hydrogens (primary N) is 1. The summed E-state index contributed by atoms with van der Waals surface area (Å²) in [6, 6.07) is 0. The van der Waals surface area contributed by atoms with Crippen LogP contribution in [0, 0.1) is 5.92 Å². The van der Waals surface area contributed by atoms with Gasteiger partial charge in [0.2, 0.25) is 0 Å². The maximum Gasteiger partial charge on any atom is 0.260 e. The topological polar surface area (TPSA) is 76.7 Å². The van der Waals surface area contributed by atoms with Crippen molar-refractivity contribution in [3.8, 4) is 0 Å². The second-order valence-electron chi connectivity index (χ2n) is 4.47. The van der Waals surface area contributed by atoms with Crippen molar-refractivity contribution in [1.29, 1.82) is 0 Å². The van der Waals surface area contributed by atoms with Gasteiger partial charge in [0.25, 0.3) is 5.91 Å². The number of nitrogens with one attached hydrogen (secondary N) is 1. The summed E-state index contributed by atoms with van der Waals surface area (Å²) in [5, 5.41) is 6.56. The van der Waals surface area contributed by atoms with Crippen LogP contribution < -0.4 is 11.1 Å². The van der Waals surface area contributed by atoms with Crippen molar-refractivity contribution < 1.29 is 9.63 Å². The fraction of sp³-hybridized carbons (Fsp3) is 0.833. The number of nitrogens with zero attached hydrogens (tertiary/aromatic N) is 1. The van der Waals surface area contributed by atoms with Crippen molar-refractivity contribution in [2.24, 2.45) is 16.8 Å². The summed E-state index contributed by atoms with van der Waals surface area (Å²) in [6.07, 6.45) is 6.63. The predicted molar refractivity (Wildman–Crippen MR) is 67.5 cm³/mol. The van der Waals surface area contributed by atoms with E-state index in [1.165, 1.54) is 12.8 Å². The molecule has 0 spiro atoms. The lowest BCUT2D eigenvalue weighted by atomic mass is 10.1. The Bertz CT molecular complexity index is 260. The van der Waals surface area contributed by atoms with E-state index in [4.69, 9.17) is 10.6 Å². The number of unbranched alkanes of at least 4 members (excludes halogenated alkanes) is 1. The van der Waals surface area contributed by atoms with E-state index in [0.717, 1.165) is 25.7 Å². The Balaban J connectivity index is 2.12. The second-order valence-corrected chi connectivity index (χ2v) is 4.47. The van der Waals surface area contributed by atoms with Crippen LogP contribution in [0.1, 0.15) is 45.4 Å². The number of carbonyl (C=O) groups excluding carboxylic acids is 1. The minimum absolute atomic E-state index is 0.0445. The third kappa shape index (κ3) is 5.56. The quantitative estimate of drug-likeness (QED) is 0.306. The standard InChI is InChI=1S/C12H23N3O2/c1-2-3-8-14-11(16)9-17-15-12(13)10-6-4-5-7-10/h10H,2-9H2,1H3,(H2,13,15)(H,14,16). The average Bonchev–Trinajstić information content (AvgIpc) is 2.82. The van der Waals surface area contributed by atoms with Crippen molar-refractivity contribution >= 4 is 11.7 Å². The van der Waals surface area contributed by atoms with Crippen molar-refractivity contribution in [3.05, 3.63) is 0 Å². The number of amides is 1. The second kappa shape index (κ2) is 7.92. The highest BCUT2D eigenvalue weighted by atomic mass is 16.6. The minimum atomic E-state index is -0.138. The molecule has 98 valence electrons. The lowest BCUT2D eigenvalue weighted by molar-refractivity contribution is -0.125. The van der Waals surface area contributed by atoms with Gasteiger partial charge in [0.1, 0.15) is 5.84 Å². The van der Waals surface area contributed by atoms with Gasteiger partial charge in [-0.2, -0.15) is 0 Å². The smallest absolute Gasteiger partial charge is 0.260 e. The first-order chi connectivity index (χ1) is 8.24. The molecule has 1 aliphatic carbocycles. The van der Waals surface area contributed by atoms with Crippen molar-refractivity contribution in [3.63, 3.8) is 0 Å². The van der Waals surface area contributed by atoms with Gasteiger partial charge in [-0.3, -0.25) is 4.79 Å². The zero-order valence-electron chi connectivity index (χ0n) is 10.6. The van der Waals surface area contributed by atoms with Gasteiger partial charge in [-0.25, -0.2) is 0 Å². The number of amidine groups is 1. The molecule has 17 heavy (non-hydrogen) atoms. The summed E-state index contributed by atoms with van der Waals surface area (Å²) in [7, 11) is 0. The van der Waals surface area contributed by atoms with E-state index < -0.39 is 0 Å². The first-order valence-electron chi connectivity index (χ1n) is 6.46. The molecule has 5 nitrogen and oxygen atoms in total. The molecule has 0 unspecified atom stereocenters. The van der Waals surface area contributed by atoms with Crippen molar-refractivity contribution in [1.82, 2.24) is 5.32 Å². The van der Waals surface area contributed by atoms with Crippen LogP contribution >= 0.6 is 0 Å². The van der Waals surface area contributed by atoms with Crippen molar-refractivity contribution in [2.75, 3.05) is 13.2 Å². The van der Waals surface area contributed by atoms with Crippen LogP contribution in [0.4, 0.5) is 0 Å². The van der Waals surface area contributed by atoms with Crippen LogP contribution in [-0.2, 0) is 9.63 Å². The number of hydrogen-bond donors (Lipinski definition) is 2. The van der Waals surface area contributed by atoms with E-state index in [0.29, 0.717) is 18.3 Å². The van der Waals surface area contributed by atoms with E-state index in [-0.39, 0.29) is 12.5 Å². The number of hydrogen-bond acceptors (Lipinski definition) is 3. The number of rotatable bonds is 7. The molecule has 0 atom stereocenters. The summed E-state index contributed by atoms with van der Waals surface area (Å²) in [6.45, 7) is 2.73. The monoisotopic (exact) mass is 241 g/mol. The molecule has 1 fully saturated rings. The van der Waals surface area contributed by atoms with Gasteiger partial charge in [-0.15, -0.1) is 0 Å². The normalized spacial score (nSPS) is 17.1. The Hall–Kier alpha value is -1.26. The zero-order chi connectivity index (χ0) is 12.5. The van der Waals surface area contributed by atoms with Crippen LogP contribution in [0.15, 0.2) is 5.16 Å². The third-order valence-electron chi connectivity index (χ3n) is 2.99. The summed E-state index contributed by atoms with van der Waals surface area (Å²) in [4.78, 5) is 16.2. The fourth-order valence-corrected chi connectivity index (χ4v) is 1.92. The molecule has 0 bridgehead atoms. The summed E-state index contributed by atoms with van der Waals surface area (Å²) in [5.74, 6) is 0.739. The van der Waals surface area contributed by atoms with Gasteiger partial charge in [0.15, 0.2) is 6.61 Å². The van der Waals surface area contributed by atoms with Gasteiger partial charge in [0, 0.05) is 12.5 Å². The molecule has 1 aliphatic rings. The largest absolute Gasteiger partial charge is 0.384 e. The van der Waals surface area contributed by atoms with Gasteiger partial charge in [0.05, 0.1) is 0 Å². The third-order valence-corrected chi connectivity index (χ3v) is 2.99. The van der Waals surface area contributed by atoms with Crippen LogP contribution in [-0.4, -0.2) is 24.9 Å². The first-order valence-corrected chi connectivity index (χ1v) is 6.46. The lowest BCUT2D eigenvalue weighted by Crippen LogP contribution is -2.28. The van der Waals surface area contributed by atoms with Crippen LogP contribution in [0.5, 0.6) is 0 Å². The Labute approximate surface area is 103 Å². The zero-order valence-corrected chi connectivity index (χ0v) is 10.6. The molecule has 5 heteroatoms. The molecule has 1 saturated carbocycles. The maximum absolute atomic E-state index is 11.3. The summed E-state index contributed by atoms with van der Waals surface area (Å²) >= 11 is 0. The molecule has 0 radical (unpaired) electrons. The van der Waals surface area contributed by atoms with Crippen molar-refractivity contribution in [2.45, 2.75) is 45.4 Å². The Kier molecular flexibility index (Phi) is 6.43. The minimum Gasteiger partial charge on any atom is -0.384 e. The molecular weight excluding hydrogens is 218 g/mol. The number of carbonyl (C=O) groups is 1. The SMILES string of the molecule is CCCCNC(=O)CO/N=C(/N)C1CCCC1. The molecule has 1 rings (SSSR count). The van der Waals surface area contributed by atoms with Gasteiger partial charge in [-0.1, -0.05) is 31.3 Å². The fourth-order valence-electron chi connectivity index (χ4n) is 1.92. The van der Waals surface area contributed by atoms with Gasteiger partial charge in [-0.05, 0) is 19.3 Å². The molecule has 0 aliphatic heterocycles. The summed E-state index contributed by atoms with van der Waals surface area (Å²) in [5.41, 5.74) is 5.78. The van der Waals surface area contributed by atoms with E-state index in [9.17, 15) is 4.79 Å². The molecule has 0 saturated heterocycles. The Morgan fingerprint density at radius 2 is 2.18 bits per heavy atom. The van der Waals surface area contributed by atoms with E-state index >= 15 is 0 Å². The average molecular weight is 241 g/mol. The molecule has 0 heterocycles. The first kappa shape index (κ1) is 13.8. The summed E-state index contributed by atoms with van der Waals surface area (Å²) < 4.78 is 0. The highest BCUT2D eigenvalue weighted by Crippen LogP contribution is 2.24. The highest BCUT2D eigenvalue weighted by Gasteiger charge is 2.19. The van der Waals surface area contributed by atoms with Gasteiger partial charge < -0.3 is 15.9 Å². The predicted octanol–water partition coefficient (Wildman–Crippen LogP) is 1.38. The molecule has 0 aromatic heterocycles. The molecule has 3 N–H and O–H groups in total. The lowest BCUT2D eigenvalue weighted by Gasteiger charge is -2.07. The Morgan fingerprint density at radius 3 is 2.82 bits per heavy atom. The van der Waals surface area contributed by atoms with Crippen LogP contribution in [0.2, 0.25) is 0 Å². The molecular formula is C12H23N3O2. The maximum atomic E-state index is 11.3. The molecule has 0 aromatic rings. The van der Waals surface area contributed by atoms with E-state index in [2.05, 4.69) is 17.4 Å². The molecule has 0 aromatic carbocycles.